The Morgan fingerprint density at radius 1 is 1.41 bits per heavy atom. The summed E-state index contributed by atoms with van der Waals surface area (Å²) in [6.45, 7) is 4.72. The highest BCUT2D eigenvalue weighted by atomic mass is 32.2. The van der Waals surface area contributed by atoms with Crippen molar-refractivity contribution >= 4 is 51.6 Å². The Morgan fingerprint density at radius 2 is 2.18 bits per heavy atom. The standard InChI is InChI=1S/C12H13NOS3/c1-3-8-5-6-9(16-8)7-10-11(14)13(4-2)12(15)17-10/h5-7H,3-4H2,1-2H3/b10-7-. The van der Waals surface area contributed by atoms with Crippen molar-refractivity contribution in [2.24, 2.45) is 0 Å². The second kappa shape index (κ2) is 5.33. The Hall–Kier alpha value is -0.650. The summed E-state index contributed by atoms with van der Waals surface area (Å²) < 4.78 is 0.663. The van der Waals surface area contributed by atoms with Crippen LogP contribution in [0.25, 0.3) is 6.08 Å². The molecule has 1 saturated heterocycles. The van der Waals surface area contributed by atoms with Crippen LogP contribution in [0, 0.1) is 0 Å². The monoisotopic (exact) mass is 283 g/mol. The number of thiocarbonyl (C=S) groups is 1. The fraction of sp³-hybridized carbons (Fsp3) is 0.333. The first kappa shape index (κ1) is 12.8. The molecule has 0 spiro atoms. The number of nitrogens with zero attached hydrogens (tertiary/aromatic N) is 1. The molecular formula is C12H13NOS3. The maximum Gasteiger partial charge on any atom is 0.266 e. The van der Waals surface area contributed by atoms with E-state index in [4.69, 9.17) is 12.2 Å². The molecule has 17 heavy (non-hydrogen) atoms. The van der Waals surface area contributed by atoms with Gasteiger partial charge in [0.2, 0.25) is 0 Å². The van der Waals surface area contributed by atoms with Crippen molar-refractivity contribution in [3.63, 3.8) is 0 Å². The molecule has 0 bridgehead atoms. The van der Waals surface area contributed by atoms with Gasteiger partial charge in [0.15, 0.2) is 0 Å². The number of thioether (sulfide) groups is 1. The van der Waals surface area contributed by atoms with Crippen LogP contribution in [0.15, 0.2) is 17.0 Å². The summed E-state index contributed by atoms with van der Waals surface area (Å²) >= 11 is 8.29. The van der Waals surface area contributed by atoms with Gasteiger partial charge in [0.1, 0.15) is 4.32 Å². The molecule has 1 aliphatic rings. The summed E-state index contributed by atoms with van der Waals surface area (Å²) in [5.74, 6) is 0.0361. The quantitative estimate of drug-likeness (QED) is 0.625. The fourth-order valence-electron chi connectivity index (χ4n) is 1.56. The molecule has 2 heterocycles. The summed E-state index contributed by atoms with van der Waals surface area (Å²) in [7, 11) is 0. The van der Waals surface area contributed by atoms with Crippen molar-refractivity contribution in [1.29, 1.82) is 0 Å². The molecule has 0 aliphatic carbocycles. The molecule has 0 radical (unpaired) electrons. The van der Waals surface area contributed by atoms with Crippen molar-refractivity contribution in [3.8, 4) is 0 Å². The molecule has 1 amide bonds. The zero-order chi connectivity index (χ0) is 12.4. The van der Waals surface area contributed by atoms with E-state index in [-0.39, 0.29) is 5.91 Å². The highest BCUT2D eigenvalue weighted by Crippen LogP contribution is 2.33. The molecule has 2 nitrogen and oxygen atoms in total. The fourth-order valence-corrected chi connectivity index (χ4v) is 3.91. The second-order valence-electron chi connectivity index (χ2n) is 3.58. The molecule has 1 aliphatic heterocycles. The molecule has 0 unspecified atom stereocenters. The minimum atomic E-state index is 0.0361. The van der Waals surface area contributed by atoms with E-state index in [1.807, 2.05) is 13.0 Å². The lowest BCUT2D eigenvalue weighted by Crippen LogP contribution is -2.27. The Balaban J connectivity index is 2.23. The lowest BCUT2D eigenvalue weighted by molar-refractivity contribution is -0.121. The van der Waals surface area contributed by atoms with Crippen molar-refractivity contribution in [2.45, 2.75) is 20.3 Å². The van der Waals surface area contributed by atoms with Crippen LogP contribution in [0.2, 0.25) is 0 Å². The predicted octanol–water partition coefficient (Wildman–Crippen LogP) is 3.53. The number of carbonyl (C=O) groups excluding carboxylic acids is 1. The Labute approximate surface area is 115 Å². The zero-order valence-electron chi connectivity index (χ0n) is 9.73. The summed E-state index contributed by atoms with van der Waals surface area (Å²) in [5, 5.41) is 0. The van der Waals surface area contributed by atoms with Crippen molar-refractivity contribution in [1.82, 2.24) is 4.90 Å². The lowest BCUT2D eigenvalue weighted by Gasteiger charge is -2.09. The van der Waals surface area contributed by atoms with Gasteiger partial charge in [-0.05, 0) is 31.6 Å². The van der Waals surface area contributed by atoms with Crippen LogP contribution < -0.4 is 0 Å². The van der Waals surface area contributed by atoms with Gasteiger partial charge in [0, 0.05) is 16.3 Å². The lowest BCUT2D eigenvalue weighted by atomic mass is 10.3. The molecule has 1 aromatic rings. The van der Waals surface area contributed by atoms with Gasteiger partial charge in [-0.3, -0.25) is 9.69 Å². The number of aryl methyl sites for hydroxylation is 1. The van der Waals surface area contributed by atoms with E-state index in [1.54, 1.807) is 16.2 Å². The van der Waals surface area contributed by atoms with Crippen LogP contribution in [-0.4, -0.2) is 21.7 Å². The van der Waals surface area contributed by atoms with E-state index in [2.05, 4.69) is 19.1 Å². The molecule has 0 saturated carbocycles. The maximum absolute atomic E-state index is 12.0. The van der Waals surface area contributed by atoms with E-state index < -0.39 is 0 Å². The van der Waals surface area contributed by atoms with Crippen molar-refractivity contribution in [2.75, 3.05) is 6.54 Å². The van der Waals surface area contributed by atoms with Crippen LogP contribution in [-0.2, 0) is 11.2 Å². The van der Waals surface area contributed by atoms with Gasteiger partial charge in [0.25, 0.3) is 5.91 Å². The number of thiophene rings is 1. The van der Waals surface area contributed by atoms with Gasteiger partial charge >= 0.3 is 0 Å². The van der Waals surface area contributed by atoms with Crippen LogP contribution in [0.4, 0.5) is 0 Å². The minimum absolute atomic E-state index is 0.0361. The third-order valence-corrected chi connectivity index (χ3v) is 5.05. The van der Waals surface area contributed by atoms with Crippen molar-refractivity contribution < 1.29 is 4.79 Å². The molecule has 90 valence electrons. The second-order valence-corrected chi connectivity index (χ2v) is 6.46. The van der Waals surface area contributed by atoms with E-state index in [0.717, 1.165) is 16.2 Å². The molecular weight excluding hydrogens is 270 g/mol. The first-order valence-corrected chi connectivity index (χ1v) is 7.54. The first-order valence-electron chi connectivity index (χ1n) is 5.49. The summed E-state index contributed by atoms with van der Waals surface area (Å²) in [6.07, 6.45) is 2.98. The number of amides is 1. The van der Waals surface area contributed by atoms with Gasteiger partial charge in [-0.25, -0.2) is 0 Å². The molecule has 0 aromatic carbocycles. The maximum atomic E-state index is 12.0. The third-order valence-electron chi connectivity index (χ3n) is 2.49. The van der Waals surface area contributed by atoms with Gasteiger partial charge < -0.3 is 0 Å². The van der Waals surface area contributed by atoms with Gasteiger partial charge in [-0.2, -0.15) is 0 Å². The molecule has 2 rings (SSSR count). The smallest absolute Gasteiger partial charge is 0.266 e. The van der Waals surface area contributed by atoms with Gasteiger partial charge in [0.05, 0.1) is 4.91 Å². The van der Waals surface area contributed by atoms with Crippen LogP contribution in [0.3, 0.4) is 0 Å². The van der Waals surface area contributed by atoms with Crippen LogP contribution in [0.5, 0.6) is 0 Å². The Kier molecular flexibility index (Phi) is 4.01. The Morgan fingerprint density at radius 3 is 2.71 bits per heavy atom. The molecule has 5 heteroatoms. The third kappa shape index (κ3) is 2.61. The highest BCUT2D eigenvalue weighted by Gasteiger charge is 2.30. The molecule has 0 N–H and O–H groups in total. The normalized spacial score (nSPS) is 18.5. The number of carbonyl (C=O) groups is 1. The zero-order valence-corrected chi connectivity index (χ0v) is 12.2. The number of hydrogen-bond acceptors (Lipinski definition) is 4. The van der Waals surface area contributed by atoms with Crippen LogP contribution >= 0.6 is 35.3 Å². The van der Waals surface area contributed by atoms with E-state index >= 15 is 0 Å². The summed E-state index contributed by atoms with van der Waals surface area (Å²) in [4.78, 5) is 16.8. The molecule has 0 atom stereocenters. The largest absolute Gasteiger partial charge is 0.293 e. The highest BCUT2D eigenvalue weighted by molar-refractivity contribution is 8.26. The van der Waals surface area contributed by atoms with E-state index in [0.29, 0.717) is 10.9 Å². The number of hydrogen-bond donors (Lipinski definition) is 0. The number of likely N-dealkylation sites (N-methyl/N-ethyl adjacent to an activating group) is 1. The van der Waals surface area contributed by atoms with E-state index in [9.17, 15) is 4.79 Å². The SMILES string of the molecule is CCc1ccc(/C=C2\SC(=S)N(CC)C2=O)s1. The number of rotatable bonds is 3. The van der Waals surface area contributed by atoms with Gasteiger partial charge in [-0.15, -0.1) is 11.3 Å². The molecule has 1 fully saturated rings. The summed E-state index contributed by atoms with van der Waals surface area (Å²) in [6, 6.07) is 4.17. The van der Waals surface area contributed by atoms with Crippen LogP contribution in [0.1, 0.15) is 23.6 Å². The summed E-state index contributed by atoms with van der Waals surface area (Å²) in [5.41, 5.74) is 0. The molecule has 1 aromatic heterocycles. The minimum Gasteiger partial charge on any atom is -0.293 e. The van der Waals surface area contributed by atoms with Gasteiger partial charge in [-0.1, -0.05) is 30.9 Å². The topological polar surface area (TPSA) is 20.3 Å². The Bertz CT molecular complexity index is 490. The average molecular weight is 283 g/mol. The first-order chi connectivity index (χ1) is 8.15. The predicted molar refractivity (Wildman–Crippen MR) is 79.3 cm³/mol. The van der Waals surface area contributed by atoms with E-state index in [1.165, 1.54) is 16.6 Å². The van der Waals surface area contributed by atoms with Crippen molar-refractivity contribution in [3.05, 3.63) is 26.8 Å². The average Bonchev–Trinajstić information content (AvgIpc) is 2.86.